The number of nitrogens with zero attached hydrogens (tertiary/aromatic N) is 2. The lowest BCUT2D eigenvalue weighted by atomic mass is 10.2. The SMILES string of the molecule is CN1C(=O)c2ccc(Oc3cc(F)cc(C#N)c3)c(Br)c2S1(=O)=O. The molecule has 0 aliphatic carbocycles. The molecule has 0 N–H and O–H groups in total. The van der Waals surface area contributed by atoms with Crippen molar-refractivity contribution in [2.75, 3.05) is 7.05 Å². The molecule has 2 aromatic carbocycles. The topological polar surface area (TPSA) is 87.5 Å². The van der Waals surface area contributed by atoms with E-state index in [2.05, 4.69) is 15.9 Å². The molecule has 1 aliphatic heterocycles. The van der Waals surface area contributed by atoms with Gasteiger partial charge < -0.3 is 4.74 Å². The maximum absolute atomic E-state index is 13.5. The van der Waals surface area contributed by atoms with Crippen LogP contribution in [0.5, 0.6) is 11.5 Å². The van der Waals surface area contributed by atoms with Gasteiger partial charge in [-0.2, -0.15) is 5.26 Å². The number of carbonyl (C=O) groups excluding carboxylic acids is 1. The smallest absolute Gasteiger partial charge is 0.268 e. The number of halogens is 2. The molecule has 0 saturated heterocycles. The molecule has 0 atom stereocenters. The van der Waals surface area contributed by atoms with Gasteiger partial charge in [-0.3, -0.25) is 4.79 Å². The van der Waals surface area contributed by atoms with E-state index < -0.39 is 21.7 Å². The second-order valence-electron chi connectivity index (χ2n) is 4.92. The predicted molar refractivity (Wildman–Crippen MR) is 84.6 cm³/mol. The number of hydrogen-bond acceptors (Lipinski definition) is 5. The lowest BCUT2D eigenvalue weighted by Crippen LogP contribution is -2.24. The molecule has 6 nitrogen and oxygen atoms in total. The van der Waals surface area contributed by atoms with Crippen molar-refractivity contribution in [1.29, 1.82) is 5.26 Å². The first-order chi connectivity index (χ1) is 11.3. The minimum Gasteiger partial charge on any atom is -0.456 e. The molecule has 0 saturated carbocycles. The van der Waals surface area contributed by atoms with Gasteiger partial charge in [-0.05, 0) is 40.2 Å². The zero-order valence-corrected chi connectivity index (χ0v) is 14.5. The molecule has 2 aromatic rings. The molecular weight excluding hydrogens is 403 g/mol. The molecule has 0 unspecified atom stereocenters. The molecule has 1 aliphatic rings. The minimum absolute atomic E-state index is 0.0219. The highest BCUT2D eigenvalue weighted by molar-refractivity contribution is 9.10. The average molecular weight is 411 g/mol. The Morgan fingerprint density at radius 2 is 2.00 bits per heavy atom. The van der Waals surface area contributed by atoms with Gasteiger partial charge in [-0.15, -0.1) is 0 Å². The normalized spacial score (nSPS) is 15.1. The summed E-state index contributed by atoms with van der Waals surface area (Å²) in [5.74, 6) is -1.20. The summed E-state index contributed by atoms with van der Waals surface area (Å²) in [6.45, 7) is 0. The first kappa shape index (κ1) is 16.4. The quantitative estimate of drug-likeness (QED) is 0.758. The van der Waals surface area contributed by atoms with Crippen LogP contribution < -0.4 is 4.74 Å². The van der Waals surface area contributed by atoms with Crippen molar-refractivity contribution in [2.45, 2.75) is 4.90 Å². The fraction of sp³-hybridized carbons (Fsp3) is 0.0667. The third-order valence-corrected chi connectivity index (χ3v) is 6.30. The average Bonchev–Trinajstić information content (AvgIpc) is 2.70. The van der Waals surface area contributed by atoms with E-state index in [9.17, 15) is 17.6 Å². The third kappa shape index (κ3) is 2.44. The zero-order valence-electron chi connectivity index (χ0n) is 12.1. The van der Waals surface area contributed by atoms with Gasteiger partial charge in [-0.1, -0.05) is 0 Å². The van der Waals surface area contributed by atoms with Crippen LogP contribution in [0.15, 0.2) is 39.7 Å². The van der Waals surface area contributed by atoms with Crippen molar-refractivity contribution in [3.8, 4) is 17.6 Å². The van der Waals surface area contributed by atoms with Gasteiger partial charge in [0.05, 0.1) is 21.7 Å². The zero-order chi connectivity index (χ0) is 17.6. The van der Waals surface area contributed by atoms with E-state index in [-0.39, 0.29) is 32.0 Å². The molecule has 1 amide bonds. The van der Waals surface area contributed by atoms with Gasteiger partial charge in [-0.25, -0.2) is 17.1 Å². The van der Waals surface area contributed by atoms with Gasteiger partial charge in [0.1, 0.15) is 22.2 Å². The van der Waals surface area contributed by atoms with Gasteiger partial charge in [0.2, 0.25) is 0 Å². The molecule has 0 bridgehead atoms. The second kappa shape index (κ2) is 5.58. The summed E-state index contributed by atoms with van der Waals surface area (Å²) in [6.07, 6.45) is 0. The van der Waals surface area contributed by atoms with Crippen LogP contribution in [0.4, 0.5) is 4.39 Å². The number of sulfonamides is 1. The first-order valence-corrected chi connectivity index (χ1v) is 8.73. The fourth-order valence-electron chi connectivity index (χ4n) is 2.27. The fourth-order valence-corrected chi connectivity index (χ4v) is 4.66. The minimum atomic E-state index is -3.97. The molecule has 0 radical (unpaired) electrons. The van der Waals surface area contributed by atoms with E-state index in [0.29, 0.717) is 4.31 Å². The van der Waals surface area contributed by atoms with E-state index in [1.807, 2.05) is 0 Å². The van der Waals surface area contributed by atoms with Gasteiger partial charge in [0.15, 0.2) is 0 Å². The van der Waals surface area contributed by atoms with E-state index >= 15 is 0 Å². The van der Waals surface area contributed by atoms with Crippen LogP contribution in [0.3, 0.4) is 0 Å². The van der Waals surface area contributed by atoms with Crippen molar-refractivity contribution in [3.05, 3.63) is 51.7 Å². The highest BCUT2D eigenvalue weighted by Crippen LogP contribution is 2.41. The summed E-state index contributed by atoms with van der Waals surface area (Å²) in [4.78, 5) is 11.8. The molecule has 9 heteroatoms. The standard InChI is InChI=1S/C15H8BrFN2O4S/c1-19-15(20)11-2-3-12(13(16)14(11)24(19,21)22)23-10-5-8(7-18)4-9(17)6-10/h2-6H,1H3. The molecule has 0 spiro atoms. The number of rotatable bonds is 2. The number of nitriles is 1. The Hall–Kier alpha value is -2.44. The van der Waals surface area contributed by atoms with Crippen molar-refractivity contribution in [2.24, 2.45) is 0 Å². The summed E-state index contributed by atoms with van der Waals surface area (Å²) < 4.78 is 44.2. The lowest BCUT2D eigenvalue weighted by Gasteiger charge is -2.11. The van der Waals surface area contributed by atoms with Crippen LogP contribution in [0.1, 0.15) is 15.9 Å². The number of fused-ring (bicyclic) bond motifs is 1. The maximum atomic E-state index is 13.5. The molecular formula is C15H8BrFN2O4S. The van der Waals surface area contributed by atoms with Gasteiger partial charge in [0, 0.05) is 13.1 Å². The van der Waals surface area contributed by atoms with Gasteiger partial charge >= 0.3 is 0 Å². The molecule has 3 rings (SSSR count). The van der Waals surface area contributed by atoms with Crippen molar-refractivity contribution >= 4 is 31.9 Å². The van der Waals surface area contributed by atoms with E-state index in [1.54, 1.807) is 6.07 Å². The molecule has 0 aromatic heterocycles. The Kier molecular flexibility index (Phi) is 3.81. The van der Waals surface area contributed by atoms with Crippen LogP contribution in [-0.2, 0) is 10.0 Å². The van der Waals surface area contributed by atoms with Crippen molar-refractivity contribution in [3.63, 3.8) is 0 Å². The number of ether oxygens (including phenoxy) is 1. The number of carbonyl (C=O) groups is 1. The van der Waals surface area contributed by atoms with E-state index in [4.69, 9.17) is 10.00 Å². The molecule has 122 valence electrons. The van der Waals surface area contributed by atoms with Crippen molar-refractivity contribution < 1.29 is 22.3 Å². The van der Waals surface area contributed by atoms with Gasteiger partial charge in [0.25, 0.3) is 15.9 Å². The highest BCUT2D eigenvalue weighted by Gasteiger charge is 2.41. The maximum Gasteiger partial charge on any atom is 0.268 e. The van der Waals surface area contributed by atoms with E-state index in [1.165, 1.54) is 18.2 Å². The van der Waals surface area contributed by atoms with Crippen molar-refractivity contribution in [1.82, 2.24) is 4.31 Å². The monoisotopic (exact) mass is 410 g/mol. The Morgan fingerprint density at radius 3 is 2.67 bits per heavy atom. The first-order valence-electron chi connectivity index (χ1n) is 6.50. The number of hydrogen-bond donors (Lipinski definition) is 0. The molecule has 1 heterocycles. The molecule has 24 heavy (non-hydrogen) atoms. The summed E-state index contributed by atoms with van der Waals surface area (Å²) in [7, 11) is -2.81. The van der Waals surface area contributed by atoms with Crippen LogP contribution in [0.2, 0.25) is 0 Å². The Labute approximate surface area is 145 Å². The van der Waals surface area contributed by atoms with Crippen LogP contribution in [-0.4, -0.2) is 25.7 Å². The highest BCUT2D eigenvalue weighted by atomic mass is 79.9. The summed E-state index contributed by atoms with van der Waals surface area (Å²) >= 11 is 3.13. The number of amides is 1. The third-order valence-electron chi connectivity index (χ3n) is 3.42. The van der Waals surface area contributed by atoms with Crippen LogP contribution in [0.25, 0.3) is 0 Å². The summed E-state index contributed by atoms with van der Waals surface area (Å²) in [6, 6.07) is 7.93. The van der Waals surface area contributed by atoms with Crippen LogP contribution >= 0.6 is 15.9 Å². The second-order valence-corrected chi connectivity index (χ2v) is 7.62. The summed E-state index contributed by atoms with van der Waals surface area (Å²) in [5.41, 5.74) is 0.0819. The van der Waals surface area contributed by atoms with Crippen LogP contribution in [0, 0.1) is 17.1 Å². The number of benzene rings is 2. The summed E-state index contributed by atoms with van der Waals surface area (Å²) in [5, 5.41) is 8.86. The molecule has 0 fully saturated rings. The Morgan fingerprint density at radius 1 is 1.29 bits per heavy atom. The van der Waals surface area contributed by atoms with E-state index in [0.717, 1.165) is 19.2 Å². The Bertz CT molecular complexity index is 1030. The lowest BCUT2D eigenvalue weighted by molar-refractivity contribution is 0.0891. The predicted octanol–water partition coefficient (Wildman–Crippen LogP) is 3.03. The largest absolute Gasteiger partial charge is 0.456 e. The Balaban J connectivity index is 2.11.